The van der Waals surface area contributed by atoms with Crippen molar-refractivity contribution >= 4 is 0 Å². The lowest BCUT2D eigenvalue weighted by Crippen LogP contribution is -2.27. The zero-order valence-electron chi connectivity index (χ0n) is 12.1. The average molecular weight is 269 g/mol. The normalized spacial score (nSPS) is 21.6. The van der Waals surface area contributed by atoms with E-state index < -0.39 is 0 Å². The number of rotatable bonds is 5. The third kappa shape index (κ3) is 2.93. The van der Waals surface area contributed by atoms with Crippen molar-refractivity contribution in [3.8, 4) is 0 Å². The minimum Gasteiger partial charge on any atom is -0.310 e. The molecule has 1 aliphatic carbocycles. The highest BCUT2D eigenvalue weighted by Crippen LogP contribution is 2.36. The smallest absolute Gasteiger partial charge is 0.0489 e. The largest absolute Gasteiger partial charge is 0.310 e. The Labute approximate surface area is 121 Å². The lowest BCUT2D eigenvalue weighted by Gasteiger charge is -2.30. The van der Waals surface area contributed by atoms with Gasteiger partial charge in [-0.15, -0.1) is 0 Å². The first kappa shape index (κ1) is 13.4. The van der Waals surface area contributed by atoms with Gasteiger partial charge in [-0.1, -0.05) is 31.2 Å². The van der Waals surface area contributed by atoms with Gasteiger partial charge in [-0.05, 0) is 48.9 Å². The predicted octanol–water partition coefficient (Wildman–Crippen LogP) is 3.50. The summed E-state index contributed by atoms with van der Waals surface area (Å²) in [5.74, 6) is 0.702. The van der Waals surface area contributed by atoms with Gasteiger partial charge in [0.1, 0.15) is 0 Å². The van der Waals surface area contributed by atoms with E-state index in [0.717, 1.165) is 19.5 Å². The van der Waals surface area contributed by atoms with Crippen LogP contribution >= 0.6 is 0 Å². The van der Waals surface area contributed by atoms with Crippen LogP contribution in [0.2, 0.25) is 0 Å². The number of nitrogens with zero attached hydrogens (tertiary/aromatic N) is 2. The standard InChI is InChI=1S/C17H23N3/c1-14-8-9-17(16-7-3-2-6-15(14)16)18-10-4-12-20-13-5-11-19-20/h2-3,5-7,11,13-14,17-18H,4,8-10,12H2,1H3. The summed E-state index contributed by atoms with van der Waals surface area (Å²) in [6, 6.07) is 11.4. The van der Waals surface area contributed by atoms with E-state index in [9.17, 15) is 0 Å². The Kier molecular flexibility index (Phi) is 4.16. The van der Waals surface area contributed by atoms with Gasteiger partial charge in [-0.2, -0.15) is 5.10 Å². The monoisotopic (exact) mass is 269 g/mol. The van der Waals surface area contributed by atoms with Gasteiger partial charge < -0.3 is 5.32 Å². The summed E-state index contributed by atoms with van der Waals surface area (Å²) in [6.07, 6.45) is 7.52. The second kappa shape index (κ2) is 6.23. The molecule has 1 aromatic carbocycles. The molecule has 3 rings (SSSR count). The van der Waals surface area contributed by atoms with Crippen molar-refractivity contribution in [1.29, 1.82) is 0 Å². The summed E-state index contributed by atoms with van der Waals surface area (Å²) in [5, 5.41) is 7.96. The quantitative estimate of drug-likeness (QED) is 0.842. The highest BCUT2D eigenvalue weighted by molar-refractivity contribution is 5.34. The molecule has 2 unspecified atom stereocenters. The molecule has 3 nitrogen and oxygen atoms in total. The Bertz CT molecular complexity index is 533. The SMILES string of the molecule is CC1CCC(NCCCn2cccn2)c2ccccc21. The lowest BCUT2D eigenvalue weighted by molar-refractivity contribution is 0.419. The van der Waals surface area contributed by atoms with Gasteiger partial charge in [0.25, 0.3) is 0 Å². The minimum absolute atomic E-state index is 0.528. The van der Waals surface area contributed by atoms with Crippen molar-refractivity contribution < 1.29 is 0 Å². The molecule has 1 N–H and O–H groups in total. The number of aryl methyl sites for hydroxylation is 1. The zero-order valence-corrected chi connectivity index (χ0v) is 12.1. The molecule has 0 saturated heterocycles. The van der Waals surface area contributed by atoms with E-state index in [1.807, 2.05) is 23.1 Å². The molecule has 2 atom stereocenters. The van der Waals surface area contributed by atoms with E-state index in [1.54, 1.807) is 0 Å². The van der Waals surface area contributed by atoms with Gasteiger partial charge >= 0.3 is 0 Å². The zero-order chi connectivity index (χ0) is 13.8. The maximum absolute atomic E-state index is 4.24. The van der Waals surface area contributed by atoms with E-state index in [4.69, 9.17) is 0 Å². The first-order valence-corrected chi connectivity index (χ1v) is 7.64. The number of hydrogen-bond donors (Lipinski definition) is 1. The summed E-state index contributed by atoms with van der Waals surface area (Å²) >= 11 is 0. The molecular formula is C17H23N3. The van der Waals surface area contributed by atoms with Crippen molar-refractivity contribution in [3.63, 3.8) is 0 Å². The maximum atomic E-state index is 4.24. The summed E-state index contributed by atoms with van der Waals surface area (Å²) in [4.78, 5) is 0. The van der Waals surface area contributed by atoms with Crippen LogP contribution in [-0.4, -0.2) is 16.3 Å². The highest BCUT2D eigenvalue weighted by Gasteiger charge is 2.23. The van der Waals surface area contributed by atoms with E-state index in [2.05, 4.69) is 41.6 Å². The van der Waals surface area contributed by atoms with E-state index in [1.165, 1.54) is 24.0 Å². The molecule has 0 amide bonds. The van der Waals surface area contributed by atoms with Crippen molar-refractivity contribution in [2.45, 2.75) is 44.7 Å². The first-order chi connectivity index (χ1) is 9.84. The topological polar surface area (TPSA) is 29.9 Å². The molecule has 3 heteroatoms. The van der Waals surface area contributed by atoms with Crippen LogP contribution in [0.25, 0.3) is 0 Å². The van der Waals surface area contributed by atoms with Crippen LogP contribution in [0.4, 0.5) is 0 Å². The summed E-state index contributed by atoms with van der Waals surface area (Å²) in [7, 11) is 0. The number of fused-ring (bicyclic) bond motifs is 1. The molecule has 0 radical (unpaired) electrons. The second-order valence-corrected chi connectivity index (χ2v) is 5.74. The number of nitrogens with one attached hydrogen (secondary N) is 1. The molecule has 0 aliphatic heterocycles. The van der Waals surface area contributed by atoms with Crippen LogP contribution in [0.3, 0.4) is 0 Å². The molecule has 1 heterocycles. The molecule has 0 saturated carbocycles. The maximum Gasteiger partial charge on any atom is 0.0489 e. The van der Waals surface area contributed by atoms with Crippen LogP contribution in [-0.2, 0) is 6.54 Å². The fourth-order valence-electron chi connectivity index (χ4n) is 3.17. The fourth-order valence-corrected chi connectivity index (χ4v) is 3.17. The van der Waals surface area contributed by atoms with Crippen molar-refractivity contribution in [1.82, 2.24) is 15.1 Å². The molecule has 106 valence electrons. The molecule has 0 fully saturated rings. The first-order valence-electron chi connectivity index (χ1n) is 7.64. The van der Waals surface area contributed by atoms with Gasteiger partial charge in [0.15, 0.2) is 0 Å². The third-order valence-electron chi connectivity index (χ3n) is 4.30. The predicted molar refractivity (Wildman–Crippen MR) is 81.7 cm³/mol. The molecule has 1 aromatic heterocycles. The van der Waals surface area contributed by atoms with Crippen molar-refractivity contribution in [2.75, 3.05) is 6.54 Å². The summed E-state index contributed by atoms with van der Waals surface area (Å²) in [5.41, 5.74) is 3.04. The van der Waals surface area contributed by atoms with Gasteiger partial charge in [0, 0.05) is 25.0 Å². The Morgan fingerprint density at radius 1 is 1.20 bits per heavy atom. The Balaban J connectivity index is 1.54. The number of benzene rings is 1. The number of aromatic nitrogens is 2. The Morgan fingerprint density at radius 2 is 2.05 bits per heavy atom. The van der Waals surface area contributed by atoms with Crippen LogP contribution < -0.4 is 5.32 Å². The van der Waals surface area contributed by atoms with Crippen LogP contribution in [0.15, 0.2) is 42.7 Å². The Hall–Kier alpha value is -1.61. The molecule has 0 bridgehead atoms. The molecule has 0 spiro atoms. The van der Waals surface area contributed by atoms with Crippen LogP contribution in [0.1, 0.15) is 49.3 Å². The van der Waals surface area contributed by atoms with Crippen LogP contribution in [0.5, 0.6) is 0 Å². The number of hydrogen-bond acceptors (Lipinski definition) is 2. The third-order valence-corrected chi connectivity index (χ3v) is 4.30. The highest BCUT2D eigenvalue weighted by atomic mass is 15.3. The molecular weight excluding hydrogens is 246 g/mol. The van der Waals surface area contributed by atoms with E-state index >= 15 is 0 Å². The molecule has 2 aromatic rings. The fraction of sp³-hybridized carbons (Fsp3) is 0.471. The summed E-state index contributed by atoms with van der Waals surface area (Å²) in [6.45, 7) is 4.38. The second-order valence-electron chi connectivity index (χ2n) is 5.74. The van der Waals surface area contributed by atoms with Gasteiger partial charge in [0.05, 0.1) is 0 Å². The van der Waals surface area contributed by atoms with Gasteiger partial charge in [-0.3, -0.25) is 4.68 Å². The van der Waals surface area contributed by atoms with Gasteiger partial charge in [0.2, 0.25) is 0 Å². The molecule has 1 aliphatic rings. The van der Waals surface area contributed by atoms with Crippen LogP contribution in [0, 0.1) is 0 Å². The average Bonchev–Trinajstić information content (AvgIpc) is 2.99. The van der Waals surface area contributed by atoms with E-state index in [-0.39, 0.29) is 0 Å². The van der Waals surface area contributed by atoms with Gasteiger partial charge in [-0.25, -0.2) is 0 Å². The molecule has 20 heavy (non-hydrogen) atoms. The van der Waals surface area contributed by atoms with Crippen molar-refractivity contribution in [2.24, 2.45) is 0 Å². The van der Waals surface area contributed by atoms with Crippen molar-refractivity contribution in [3.05, 3.63) is 53.9 Å². The Morgan fingerprint density at radius 3 is 2.85 bits per heavy atom. The summed E-state index contributed by atoms with van der Waals surface area (Å²) < 4.78 is 2.00. The lowest BCUT2D eigenvalue weighted by atomic mass is 9.81. The minimum atomic E-state index is 0.528. The van der Waals surface area contributed by atoms with E-state index in [0.29, 0.717) is 12.0 Å².